The lowest BCUT2D eigenvalue weighted by Gasteiger charge is -2.23. The summed E-state index contributed by atoms with van der Waals surface area (Å²) in [7, 11) is 5.67. The Bertz CT molecular complexity index is 1530. The van der Waals surface area contributed by atoms with Gasteiger partial charge in [-0.05, 0) is 98.7 Å². The maximum absolute atomic E-state index is 13.8. The number of carbonyl (C=O) groups is 2. The van der Waals surface area contributed by atoms with Crippen LogP contribution in [0.4, 0.5) is 0 Å². The van der Waals surface area contributed by atoms with Gasteiger partial charge in [0.25, 0.3) is 11.8 Å². The van der Waals surface area contributed by atoms with Crippen molar-refractivity contribution in [3.8, 4) is 17.2 Å². The number of hydrogen-bond donors (Lipinski definition) is 0. The third-order valence-electron chi connectivity index (χ3n) is 9.40. The Morgan fingerprint density at radius 3 is 2.35 bits per heavy atom. The van der Waals surface area contributed by atoms with Crippen LogP contribution in [0, 0.1) is 11.3 Å². The van der Waals surface area contributed by atoms with E-state index in [0.717, 1.165) is 94.0 Å². The molecule has 2 aromatic carbocycles. The molecule has 1 unspecified atom stereocenters. The highest BCUT2D eigenvalue weighted by atomic mass is 16.2. The fourth-order valence-electron chi connectivity index (χ4n) is 6.60. The summed E-state index contributed by atoms with van der Waals surface area (Å²) >= 11 is 0. The number of nitriles is 1. The van der Waals surface area contributed by atoms with Crippen LogP contribution in [0.5, 0.6) is 0 Å². The molecule has 2 saturated heterocycles. The molecule has 46 heavy (non-hydrogen) atoms. The molecule has 2 fully saturated rings. The van der Waals surface area contributed by atoms with Crippen LogP contribution in [0.25, 0.3) is 11.1 Å². The van der Waals surface area contributed by atoms with Crippen LogP contribution in [0.2, 0.25) is 0 Å². The topological polar surface area (TPSA) is 74.1 Å². The molecular weight excluding hydrogens is 572 g/mol. The van der Waals surface area contributed by atoms with E-state index < -0.39 is 0 Å². The van der Waals surface area contributed by atoms with E-state index in [-0.39, 0.29) is 17.7 Å². The van der Waals surface area contributed by atoms with Crippen molar-refractivity contribution >= 4 is 11.8 Å². The fourth-order valence-corrected chi connectivity index (χ4v) is 6.60. The molecule has 0 saturated carbocycles. The average Bonchev–Trinajstić information content (AvgIpc) is 3.53. The van der Waals surface area contributed by atoms with Crippen LogP contribution < -0.4 is 0 Å². The maximum atomic E-state index is 13.8. The number of rotatable bonds is 7. The molecule has 2 aromatic rings. The number of amides is 2. The minimum absolute atomic E-state index is 0.0434. The zero-order valence-electron chi connectivity index (χ0n) is 27.9. The van der Waals surface area contributed by atoms with Gasteiger partial charge in [0.2, 0.25) is 0 Å². The minimum Gasteiger partial charge on any atom is -0.345 e. The van der Waals surface area contributed by atoms with Gasteiger partial charge in [-0.1, -0.05) is 43.4 Å². The first-order valence-corrected chi connectivity index (χ1v) is 16.6. The summed E-state index contributed by atoms with van der Waals surface area (Å²) in [5, 5.41) is 10.1. The molecule has 1 atom stereocenters. The van der Waals surface area contributed by atoms with Gasteiger partial charge in [0.1, 0.15) is 0 Å². The van der Waals surface area contributed by atoms with Crippen LogP contribution in [0.3, 0.4) is 0 Å². The first-order valence-electron chi connectivity index (χ1n) is 16.6. The van der Waals surface area contributed by atoms with E-state index in [0.29, 0.717) is 23.2 Å². The lowest BCUT2D eigenvalue weighted by molar-refractivity contribution is 0.0761. The van der Waals surface area contributed by atoms with Gasteiger partial charge in [0.15, 0.2) is 0 Å². The third kappa shape index (κ3) is 8.21. The standard InChI is InChI=1S/C38H48N6O2/c1-5-42-17-7-19-44(23-22-42)38(46)34-14-15-35(36(26-34)31-10-12-32(13-11-31)37(45)40(2)3)33-9-8-29(24-30(25-33)27-39)28-43-18-6-16-41(4)20-21-43/h8-15,24-26,33H,5-7,16-23,28H2,1-4H3. The second-order valence-electron chi connectivity index (χ2n) is 12.9. The molecular formula is C38H48N6O2. The van der Waals surface area contributed by atoms with Crippen molar-refractivity contribution in [2.24, 2.45) is 0 Å². The van der Waals surface area contributed by atoms with Crippen LogP contribution >= 0.6 is 0 Å². The zero-order chi connectivity index (χ0) is 32.6. The Kier molecular flexibility index (Phi) is 11.2. The Labute approximate surface area is 274 Å². The monoisotopic (exact) mass is 620 g/mol. The molecule has 0 N–H and O–H groups in total. The normalized spacial score (nSPS) is 20.2. The maximum Gasteiger partial charge on any atom is 0.253 e. The van der Waals surface area contributed by atoms with Crippen molar-refractivity contribution in [3.05, 3.63) is 94.6 Å². The molecule has 0 spiro atoms. The second kappa shape index (κ2) is 15.5. The van der Waals surface area contributed by atoms with Gasteiger partial charge in [-0.2, -0.15) is 5.26 Å². The number of benzene rings is 2. The van der Waals surface area contributed by atoms with Crippen molar-refractivity contribution < 1.29 is 9.59 Å². The van der Waals surface area contributed by atoms with E-state index >= 15 is 0 Å². The highest BCUT2D eigenvalue weighted by Gasteiger charge is 2.23. The Hall–Kier alpha value is -4.03. The first-order chi connectivity index (χ1) is 22.2. The Balaban J connectivity index is 1.48. The largest absolute Gasteiger partial charge is 0.345 e. The quantitative estimate of drug-likeness (QED) is 0.439. The lowest BCUT2D eigenvalue weighted by atomic mass is 9.87. The molecule has 0 radical (unpaired) electrons. The van der Waals surface area contributed by atoms with Crippen LogP contribution in [-0.2, 0) is 0 Å². The molecule has 2 amide bonds. The summed E-state index contributed by atoms with van der Waals surface area (Å²) in [4.78, 5) is 37.3. The van der Waals surface area contributed by atoms with Crippen molar-refractivity contribution in [1.82, 2.24) is 24.5 Å². The van der Waals surface area contributed by atoms with Crippen molar-refractivity contribution in [2.75, 3.05) is 86.6 Å². The molecule has 0 bridgehead atoms. The molecule has 242 valence electrons. The van der Waals surface area contributed by atoms with Gasteiger partial charge in [-0.25, -0.2) is 0 Å². The number of allylic oxidation sites excluding steroid dienone is 4. The van der Waals surface area contributed by atoms with Crippen molar-refractivity contribution in [1.29, 1.82) is 5.26 Å². The summed E-state index contributed by atoms with van der Waals surface area (Å²) in [6, 6.07) is 16.0. The van der Waals surface area contributed by atoms with E-state index in [9.17, 15) is 14.9 Å². The third-order valence-corrected chi connectivity index (χ3v) is 9.40. The van der Waals surface area contributed by atoms with Crippen LogP contribution in [0.1, 0.15) is 52.0 Å². The van der Waals surface area contributed by atoms with Crippen LogP contribution in [0.15, 0.2) is 77.9 Å². The zero-order valence-corrected chi connectivity index (χ0v) is 27.9. The lowest BCUT2D eigenvalue weighted by Crippen LogP contribution is -2.35. The number of carbonyl (C=O) groups excluding carboxylic acids is 2. The number of hydrogen-bond acceptors (Lipinski definition) is 6. The number of nitrogens with zero attached hydrogens (tertiary/aromatic N) is 6. The molecule has 1 aliphatic carbocycles. The second-order valence-corrected chi connectivity index (χ2v) is 12.9. The SMILES string of the molecule is CCN1CCCN(C(=O)c2ccc(C3C=CC(CN4CCCN(C)CC4)=CC(C#N)=C3)c(-c3ccc(C(=O)N(C)C)cc3)c2)CC1. The molecule has 5 rings (SSSR count). The Morgan fingerprint density at radius 1 is 0.891 bits per heavy atom. The number of likely N-dealkylation sites (N-methyl/N-ethyl adjacent to an activating group) is 2. The van der Waals surface area contributed by atoms with Crippen LogP contribution in [-0.4, -0.2) is 123 Å². The fraction of sp³-hybridized carbons (Fsp3) is 0.447. The summed E-state index contributed by atoms with van der Waals surface area (Å²) in [6.07, 6.45) is 10.5. The smallest absolute Gasteiger partial charge is 0.253 e. The van der Waals surface area contributed by atoms with Gasteiger partial charge in [-0.15, -0.1) is 0 Å². The van der Waals surface area contributed by atoms with Gasteiger partial charge in [0, 0.05) is 76.0 Å². The van der Waals surface area contributed by atoms with E-state index in [2.05, 4.69) is 46.9 Å². The van der Waals surface area contributed by atoms with Gasteiger partial charge < -0.3 is 19.6 Å². The van der Waals surface area contributed by atoms with E-state index in [1.807, 2.05) is 59.5 Å². The highest BCUT2D eigenvalue weighted by molar-refractivity contribution is 5.97. The summed E-state index contributed by atoms with van der Waals surface area (Å²) in [6.45, 7) is 11.5. The molecule has 3 aliphatic rings. The van der Waals surface area contributed by atoms with E-state index in [1.54, 1.807) is 19.0 Å². The van der Waals surface area contributed by atoms with Crippen molar-refractivity contribution in [2.45, 2.75) is 25.7 Å². The van der Waals surface area contributed by atoms with Gasteiger partial charge >= 0.3 is 0 Å². The average molecular weight is 621 g/mol. The summed E-state index contributed by atoms with van der Waals surface area (Å²) in [5.41, 5.74) is 5.92. The minimum atomic E-state index is -0.155. The first kappa shape index (κ1) is 33.3. The predicted octanol–water partition coefficient (Wildman–Crippen LogP) is 4.89. The molecule has 8 nitrogen and oxygen atoms in total. The van der Waals surface area contributed by atoms with Crippen molar-refractivity contribution in [3.63, 3.8) is 0 Å². The van der Waals surface area contributed by atoms with Gasteiger partial charge in [-0.3, -0.25) is 14.5 Å². The predicted molar refractivity (Wildman–Crippen MR) is 185 cm³/mol. The molecule has 2 heterocycles. The summed E-state index contributed by atoms with van der Waals surface area (Å²) < 4.78 is 0. The van der Waals surface area contributed by atoms with Gasteiger partial charge in [0.05, 0.1) is 6.07 Å². The Morgan fingerprint density at radius 2 is 1.61 bits per heavy atom. The van der Waals surface area contributed by atoms with E-state index in [4.69, 9.17) is 0 Å². The summed E-state index contributed by atoms with van der Waals surface area (Å²) in [5.74, 6) is -0.167. The van der Waals surface area contributed by atoms with E-state index in [1.165, 1.54) is 0 Å². The molecule has 2 aliphatic heterocycles. The molecule has 8 heteroatoms. The highest BCUT2D eigenvalue weighted by Crippen LogP contribution is 2.35. The molecule has 0 aromatic heterocycles.